The average Bonchev–Trinajstić information content (AvgIpc) is 1.82. The summed E-state index contributed by atoms with van der Waals surface area (Å²) >= 11 is 4.96. The maximum absolute atomic E-state index is 4.96. The maximum Gasteiger partial charge on any atom is 0.168 e. The molecular formula is C6H14N2S. The molecule has 0 saturated carbocycles. The van der Waals surface area contributed by atoms with Gasteiger partial charge in [0.25, 0.3) is 0 Å². The SMILES string of the molecule is CCCNC(=S)N(C)C. The highest BCUT2D eigenvalue weighted by atomic mass is 32.1. The van der Waals surface area contributed by atoms with Gasteiger partial charge in [0.05, 0.1) is 0 Å². The summed E-state index contributed by atoms with van der Waals surface area (Å²) in [5.74, 6) is 0. The minimum atomic E-state index is 0.817. The summed E-state index contributed by atoms with van der Waals surface area (Å²) in [6, 6.07) is 0. The lowest BCUT2D eigenvalue weighted by Gasteiger charge is -2.14. The second-order valence-electron chi connectivity index (χ2n) is 2.13. The van der Waals surface area contributed by atoms with Crippen molar-refractivity contribution in [3.05, 3.63) is 0 Å². The predicted octanol–water partition coefficient (Wildman–Crippen LogP) is 0.833. The average molecular weight is 146 g/mol. The first-order valence-electron chi connectivity index (χ1n) is 3.13. The zero-order valence-electron chi connectivity index (χ0n) is 6.27. The highest BCUT2D eigenvalue weighted by Gasteiger charge is 1.92. The lowest BCUT2D eigenvalue weighted by molar-refractivity contribution is 0.599. The molecule has 54 valence electrons. The molecule has 0 aliphatic carbocycles. The van der Waals surface area contributed by atoms with Gasteiger partial charge in [-0.25, -0.2) is 0 Å². The van der Waals surface area contributed by atoms with Crippen LogP contribution in [0.3, 0.4) is 0 Å². The van der Waals surface area contributed by atoms with Crippen molar-refractivity contribution in [2.45, 2.75) is 13.3 Å². The number of hydrogen-bond donors (Lipinski definition) is 1. The van der Waals surface area contributed by atoms with Crippen molar-refractivity contribution in [2.75, 3.05) is 20.6 Å². The number of nitrogens with one attached hydrogen (secondary N) is 1. The van der Waals surface area contributed by atoms with E-state index in [1.54, 1.807) is 0 Å². The van der Waals surface area contributed by atoms with Crippen molar-refractivity contribution in [2.24, 2.45) is 0 Å². The Balaban J connectivity index is 3.28. The maximum atomic E-state index is 4.96. The lowest BCUT2D eigenvalue weighted by atomic mass is 10.5. The van der Waals surface area contributed by atoms with Crippen molar-refractivity contribution in [3.63, 3.8) is 0 Å². The molecule has 0 saturated heterocycles. The third kappa shape index (κ3) is 4.21. The Morgan fingerprint density at radius 1 is 1.56 bits per heavy atom. The van der Waals surface area contributed by atoms with E-state index in [2.05, 4.69) is 12.2 Å². The fourth-order valence-electron chi connectivity index (χ4n) is 0.390. The summed E-state index contributed by atoms with van der Waals surface area (Å²) in [5, 5.41) is 3.91. The van der Waals surface area contributed by atoms with E-state index in [1.807, 2.05) is 19.0 Å². The molecule has 0 aromatic carbocycles. The molecule has 1 N–H and O–H groups in total. The van der Waals surface area contributed by atoms with Crippen molar-refractivity contribution in [1.82, 2.24) is 10.2 Å². The van der Waals surface area contributed by atoms with Crippen molar-refractivity contribution in [1.29, 1.82) is 0 Å². The third-order valence-electron chi connectivity index (χ3n) is 0.932. The van der Waals surface area contributed by atoms with E-state index in [9.17, 15) is 0 Å². The molecule has 2 nitrogen and oxygen atoms in total. The van der Waals surface area contributed by atoms with E-state index in [4.69, 9.17) is 12.2 Å². The zero-order chi connectivity index (χ0) is 7.28. The van der Waals surface area contributed by atoms with E-state index in [-0.39, 0.29) is 0 Å². The Bertz CT molecular complexity index is 91.1. The molecule has 0 spiro atoms. The molecule has 0 aromatic rings. The summed E-state index contributed by atoms with van der Waals surface area (Å²) in [6.45, 7) is 3.09. The molecular weight excluding hydrogens is 132 g/mol. The molecule has 0 aliphatic heterocycles. The van der Waals surface area contributed by atoms with E-state index in [1.165, 1.54) is 0 Å². The van der Waals surface area contributed by atoms with Gasteiger partial charge in [-0.15, -0.1) is 0 Å². The van der Waals surface area contributed by atoms with Gasteiger partial charge in [-0.05, 0) is 18.6 Å². The van der Waals surface area contributed by atoms with Gasteiger partial charge in [0, 0.05) is 20.6 Å². The molecule has 0 unspecified atom stereocenters. The smallest absolute Gasteiger partial charge is 0.168 e. The van der Waals surface area contributed by atoms with Crippen LogP contribution in [-0.2, 0) is 0 Å². The van der Waals surface area contributed by atoms with Gasteiger partial charge < -0.3 is 10.2 Å². The highest BCUT2D eigenvalue weighted by molar-refractivity contribution is 7.80. The topological polar surface area (TPSA) is 15.3 Å². The van der Waals surface area contributed by atoms with Crippen molar-refractivity contribution in [3.8, 4) is 0 Å². The van der Waals surface area contributed by atoms with Crippen LogP contribution in [0.5, 0.6) is 0 Å². The second kappa shape index (κ2) is 4.56. The van der Waals surface area contributed by atoms with Crippen LogP contribution in [0.2, 0.25) is 0 Å². The molecule has 0 rings (SSSR count). The molecule has 0 amide bonds. The Morgan fingerprint density at radius 3 is 2.44 bits per heavy atom. The Kier molecular flexibility index (Phi) is 4.40. The molecule has 0 atom stereocenters. The van der Waals surface area contributed by atoms with Crippen LogP contribution in [-0.4, -0.2) is 30.7 Å². The second-order valence-corrected chi connectivity index (χ2v) is 2.51. The molecule has 0 radical (unpaired) electrons. The van der Waals surface area contributed by atoms with Crippen LogP contribution in [0.1, 0.15) is 13.3 Å². The fourth-order valence-corrected chi connectivity index (χ4v) is 0.492. The first kappa shape index (κ1) is 8.69. The minimum Gasteiger partial charge on any atom is -0.363 e. The monoisotopic (exact) mass is 146 g/mol. The van der Waals surface area contributed by atoms with Gasteiger partial charge in [0.15, 0.2) is 5.11 Å². The minimum absolute atomic E-state index is 0.817. The fraction of sp³-hybridized carbons (Fsp3) is 0.833. The standard InChI is InChI=1S/C6H14N2S/c1-4-5-7-6(9)8(2)3/h4-5H2,1-3H3,(H,7,9). The Labute approximate surface area is 62.2 Å². The summed E-state index contributed by atoms with van der Waals surface area (Å²) in [7, 11) is 3.87. The largest absolute Gasteiger partial charge is 0.363 e. The zero-order valence-corrected chi connectivity index (χ0v) is 7.09. The summed E-state index contributed by atoms with van der Waals surface area (Å²) in [6.07, 6.45) is 1.12. The molecule has 0 aliphatic rings. The van der Waals surface area contributed by atoms with E-state index >= 15 is 0 Å². The van der Waals surface area contributed by atoms with E-state index in [0.29, 0.717) is 0 Å². The molecule has 0 heterocycles. The van der Waals surface area contributed by atoms with Gasteiger partial charge in [0.2, 0.25) is 0 Å². The number of nitrogens with zero attached hydrogens (tertiary/aromatic N) is 1. The van der Waals surface area contributed by atoms with Gasteiger partial charge in [-0.3, -0.25) is 0 Å². The number of rotatable bonds is 2. The van der Waals surface area contributed by atoms with Gasteiger partial charge in [-0.1, -0.05) is 6.92 Å². The normalized spacial score (nSPS) is 8.78. The summed E-state index contributed by atoms with van der Waals surface area (Å²) in [5.41, 5.74) is 0. The third-order valence-corrected chi connectivity index (χ3v) is 1.44. The van der Waals surface area contributed by atoms with E-state index < -0.39 is 0 Å². The van der Waals surface area contributed by atoms with Crippen LogP contribution < -0.4 is 5.32 Å². The van der Waals surface area contributed by atoms with Crippen molar-refractivity contribution < 1.29 is 0 Å². The summed E-state index contributed by atoms with van der Waals surface area (Å²) in [4.78, 5) is 1.89. The number of thiocarbonyl (C=S) groups is 1. The van der Waals surface area contributed by atoms with Crippen LogP contribution in [0.25, 0.3) is 0 Å². The van der Waals surface area contributed by atoms with Gasteiger partial charge >= 0.3 is 0 Å². The molecule has 0 fully saturated rings. The van der Waals surface area contributed by atoms with Crippen LogP contribution in [0.4, 0.5) is 0 Å². The molecule has 9 heavy (non-hydrogen) atoms. The first-order valence-corrected chi connectivity index (χ1v) is 3.54. The molecule has 0 aromatic heterocycles. The quantitative estimate of drug-likeness (QED) is 0.581. The van der Waals surface area contributed by atoms with Gasteiger partial charge in [0.1, 0.15) is 0 Å². The Hall–Kier alpha value is -0.310. The summed E-state index contributed by atoms with van der Waals surface area (Å²) < 4.78 is 0. The predicted molar refractivity (Wildman–Crippen MR) is 44.6 cm³/mol. The highest BCUT2D eigenvalue weighted by Crippen LogP contribution is 1.78. The van der Waals surface area contributed by atoms with Crippen molar-refractivity contribution >= 4 is 17.3 Å². The number of hydrogen-bond acceptors (Lipinski definition) is 1. The lowest BCUT2D eigenvalue weighted by Crippen LogP contribution is -2.34. The molecule has 0 bridgehead atoms. The van der Waals surface area contributed by atoms with Crippen LogP contribution >= 0.6 is 12.2 Å². The van der Waals surface area contributed by atoms with Crippen LogP contribution in [0, 0.1) is 0 Å². The van der Waals surface area contributed by atoms with Crippen LogP contribution in [0.15, 0.2) is 0 Å². The first-order chi connectivity index (χ1) is 4.18. The van der Waals surface area contributed by atoms with Gasteiger partial charge in [-0.2, -0.15) is 0 Å². The Morgan fingerprint density at radius 2 is 2.11 bits per heavy atom. The molecule has 3 heteroatoms. The van der Waals surface area contributed by atoms with E-state index in [0.717, 1.165) is 18.1 Å².